The molecule has 3 saturated carbocycles. The van der Waals surface area contributed by atoms with Crippen molar-refractivity contribution in [1.29, 1.82) is 0 Å². The number of rotatable bonds is 4. The van der Waals surface area contributed by atoms with Crippen molar-refractivity contribution in [1.82, 2.24) is 4.90 Å². The second-order valence-electron chi connectivity index (χ2n) is 8.08. The summed E-state index contributed by atoms with van der Waals surface area (Å²) in [5.41, 5.74) is 7.56. The molecule has 1 amide bonds. The van der Waals surface area contributed by atoms with E-state index in [1.165, 1.54) is 12.8 Å². The van der Waals surface area contributed by atoms with Crippen LogP contribution in [0, 0.1) is 5.41 Å². The molecule has 0 unspecified atom stereocenters. The molecule has 0 aliphatic heterocycles. The monoisotopic (exact) mass is 328 g/mol. The van der Waals surface area contributed by atoms with Crippen molar-refractivity contribution in [3.05, 3.63) is 35.9 Å². The zero-order valence-electron chi connectivity index (χ0n) is 14.3. The van der Waals surface area contributed by atoms with E-state index in [4.69, 9.17) is 10.5 Å². The van der Waals surface area contributed by atoms with Gasteiger partial charge in [-0.1, -0.05) is 30.3 Å². The van der Waals surface area contributed by atoms with Crippen molar-refractivity contribution >= 4 is 6.09 Å². The van der Waals surface area contributed by atoms with Crippen molar-refractivity contribution in [2.75, 3.05) is 0 Å². The molecule has 130 valence electrons. The number of nitrogens with zero attached hydrogens (tertiary/aromatic N) is 1. The van der Waals surface area contributed by atoms with E-state index in [1.807, 2.05) is 30.3 Å². The Morgan fingerprint density at radius 3 is 2.38 bits per heavy atom. The number of nitrogens with two attached hydrogens (primary N) is 1. The fourth-order valence-corrected chi connectivity index (χ4v) is 4.54. The van der Waals surface area contributed by atoms with Crippen LogP contribution in [0.4, 0.5) is 4.79 Å². The Bertz CT molecular complexity index is 569. The van der Waals surface area contributed by atoms with Gasteiger partial charge in [0.2, 0.25) is 0 Å². The molecule has 3 fully saturated rings. The highest BCUT2D eigenvalue weighted by Gasteiger charge is 2.51. The van der Waals surface area contributed by atoms with Gasteiger partial charge in [0.15, 0.2) is 0 Å². The van der Waals surface area contributed by atoms with Gasteiger partial charge >= 0.3 is 6.09 Å². The number of ether oxygens (including phenoxy) is 1. The number of carbonyl (C=O) groups is 1. The van der Waals surface area contributed by atoms with Crippen LogP contribution in [0.3, 0.4) is 0 Å². The third kappa shape index (κ3) is 3.30. The molecule has 4 heteroatoms. The molecule has 0 atom stereocenters. The number of hydrogen-bond acceptors (Lipinski definition) is 3. The highest BCUT2D eigenvalue weighted by Crippen LogP contribution is 2.54. The number of hydrogen-bond donors (Lipinski definition) is 1. The minimum atomic E-state index is -0.117. The summed E-state index contributed by atoms with van der Waals surface area (Å²) in [5, 5.41) is 0. The van der Waals surface area contributed by atoms with Crippen LogP contribution in [0.2, 0.25) is 0 Å². The Balaban J connectivity index is 1.33. The molecular formula is C20H28N2O2. The van der Waals surface area contributed by atoms with Crippen LogP contribution >= 0.6 is 0 Å². The molecule has 0 bridgehead atoms. The summed E-state index contributed by atoms with van der Waals surface area (Å²) in [6.07, 6.45) is 9.22. The lowest BCUT2D eigenvalue weighted by molar-refractivity contribution is -0.0307. The molecule has 4 nitrogen and oxygen atoms in total. The van der Waals surface area contributed by atoms with Gasteiger partial charge in [-0.2, -0.15) is 0 Å². The lowest BCUT2D eigenvalue weighted by atomic mass is 9.57. The average Bonchev–Trinajstić information content (AvgIpc) is 3.39. The summed E-state index contributed by atoms with van der Waals surface area (Å²) in [5.74, 6) is 0. The standard InChI is InChI=1S/C20H28N2O2/c21-16-8-10-20(11-9-16)12-18(13-20)22(17-6-7-17)19(23)24-14-15-4-2-1-3-5-15/h1-5,16-18H,6-14,21H2. The Morgan fingerprint density at radius 2 is 1.75 bits per heavy atom. The topological polar surface area (TPSA) is 55.6 Å². The first kappa shape index (κ1) is 15.9. The molecule has 0 radical (unpaired) electrons. The minimum absolute atomic E-state index is 0.117. The van der Waals surface area contributed by atoms with E-state index in [0.29, 0.717) is 30.1 Å². The van der Waals surface area contributed by atoms with E-state index in [1.54, 1.807) is 0 Å². The van der Waals surface area contributed by atoms with Crippen molar-refractivity contribution in [2.24, 2.45) is 11.1 Å². The maximum atomic E-state index is 12.6. The third-order valence-corrected chi connectivity index (χ3v) is 6.18. The predicted molar refractivity (Wildman–Crippen MR) is 93.4 cm³/mol. The molecule has 1 spiro atoms. The first-order valence-corrected chi connectivity index (χ1v) is 9.40. The molecular weight excluding hydrogens is 300 g/mol. The molecule has 1 aromatic carbocycles. The van der Waals surface area contributed by atoms with Crippen LogP contribution < -0.4 is 5.73 Å². The number of amides is 1. The molecule has 1 aromatic rings. The SMILES string of the molecule is NC1CCC2(CC1)CC(N(C(=O)OCc1ccccc1)C1CC1)C2. The van der Waals surface area contributed by atoms with Gasteiger partial charge in [0.25, 0.3) is 0 Å². The highest BCUT2D eigenvalue weighted by atomic mass is 16.6. The van der Waals surface area contributed by atoms with E-state index in [9.17, 15) is 4.79 Å². The zero-order valence-corrected chi connectivity index (χ0v) is 14.3. The van der Waals surface area contributed by atoms with Crippen molar-refractivity contribution in [3.63, 3.8) is 0 Å². The highest BCUT2D eigenvalue weighted by molar-refractivity contribution is 5.69. The maximum absolute atomic E-state index is 12.6. The van der Waals surface area contributed by atoms with Crippen LogP contribution in [-0.4, -0.2) is 29.1 Å². The summed E-state index contributed by atoms with van der Waals surface area (Å²) in [7, 11) is 0. The first-order valence-electron chi connectivity index (χ1n) is 9.40. The molecule has 3 aliphatic carbocycles. The summed E-state index contributed by atoms with van der Waals surface area (Å²) >= 11 is 0. The second-order valence-corrected chi connectivity index (χ2v) is 8.08. The largest absolute Gasteiger partial charge is 0.445 e. The predicted octanol–water partition coefficient (Wildman–Crippen LogP) is 3.84. The number of benzene rings is 1. The molecule has 0 heterocycles. The van der Waals surface area contributed by atoms with Gasteiger partial charge in [-0.15, -0.1) is 0 Å². The van der Waals surface area contributed by atoms with E-state index in [0.717, 1.165) is 44.1 Å². The first-order chi connectivity index (χ1) is 11.7. The fourth-order valence-electron chi connectivity index (χ4n) is 4.54. The van der Waals surface area contributed by atoms with Gasteiger partial charge in [-0.3, -0.25) is 0 Å². The Kier molecular flexibility index (Phi) is 4.25. The minimum Gasteiger partial charge on any atom is -0.445 e. The van der Waals surface area contributed by atoms with Gasteiger partial charge in [0.1, 0.15) is 6.61 Å². The average molecular weight is 328 g/mol. The Hall–Kier alpha value is -1.55. The third-order valence-electron chi connectivity index (χ3n) is 6.18. The van der Waals surface area contributed by atoms with Crippen LogP contribution in [0.5, 0.6) is 0 Å². The maximum Gasteiger partial charge on any atom is 0.410 e. The van der Waals surface area contributed by atoms with Gasteiger partial charge in [-0.25, -0.2) is 4.79 Å². The molecule has 0 aromatic heterocycles. The summed E-state index contributed by atoms with van der Waals surface area (Å²) in [4.78, 5) is 14.7. The van der Waals surface area contributed by atoms with E-state index < -0.39 is 0 Å². The Morgan fingerprint density at radius 1 is 1.08 bits per heavy atom. The smallest absolute Gasteiger partial charge is 0.410 e. The fraction of sp³-hybridized carbons (Fsp3) is 0.650. The summed E-state index contributed by atoms with van der Waals surface area (Å²) in [6, 6.07) is 11.1. The number of carbonyl (C=O) groups excluding carboxylic acids is 1. The lowest BCUT2D eigenvalue weighted by Gasteiger charge is -2.54. The van der Waals surface area contributed by atoms with E-state index >= 15 is 0 Å². The van der Waals surface area contributed by atoms with Crippen molar-refractivity contribution in [3.8, 4) is 0 Å². The molecule has 2 N–H and O–H groups in total. The van der Waals surface area contributed by atoms with Gasteiger partial charge in [0.05, 0.1) is 0 Å². The second kappa shape index (κ2) is 6.40. The van der Waals surface area contributed by atoms with Gasteiger partial charge in [-0.05, 0) is 62.3 Å². The zero-order chi connectivity index (χ0) is 16.6. The molecule has 3 aliphatic rings. The van der Waals surface area contributed by atoms with Crippen LogP contribution in [-0.2, 0) is 11.3 Å². The van der Waals surface area contributed by atoms with E-state index in [-0.39, 0.29) is 6.09 Å². The summed E-state index contributed by atoms with van der Waals surface area (Å²) < 4.78 is 5.61. The van der Waals surface area contributed by atoms with Crippen molar-refractivity contribution in [2.45, 2.75) is 76.1 Å². The summed E-state index contributed by atoms with van der Waals surface area (Å²) in [6.45, 7) is 0.371. The molecule has 24 heavy (non-hydrogen) atoms. The van der Waals surface area contributed by atoms with Gasteiger partial charge < -0.3 is 15.4 Å². The molecule has 0 saturated heterocycles. The van der Waals surface area contributed by atoms with Crippen molar-refractivity contribution < 1.29 is 9.53 Å². The quantitative estimate of drug-likeness (QED) is 0.913. The van der Waals surface area contributed by atoms with E-state index in [2.05, 4.69) is 4.90 Å². The molecule has 4 rings (SSSR count). The lowest BCUT2D eigenvalue weighted by Crippen LogP contribution is -2.55. The van der Waals surface area contributed by atoms with Crippen LogP contribution in [0.25, 0.3) is 0 Å². The normalized spacial score (nSPS) is 32.2. The Labute approximate surface area is 144 Å². The van der Waals surface area contributed by atoms with Crippen LogP contribution in [0.15, 0.2) is 30.3 Å². The van der Waals surface area contributed by atoms with Gasteiger partial charge in [0, 0.05) is 18.1 Å². The van der Waals surface area contributed by atoms with Crippen LogP contribution in [0.1, 0.15) is 56.9 Å².